The zero-order valence-electron chi connectivity index (χ0n) is 17.7. The molecule has 4 rings (SSSR count). The molecule has 0 unspecified atom stereocenters. The van der Waals surface area contributed by atoms with E-state index in [1.165, 1.54) is 11.8 Å². The SMILES string of the molecule is CCOc1ccc(NC(=O)CSc2nnc(-c3cc(Br)ccc3O)n2-c2ccccc2)cc1. The van der Waals surface area contributed by atoms with E-state index in [0.717, 1.165) is 15.9 Å². The van der Waals surface area contributed by atoms with Crippen LogP contribution in [0.4, 0.5) is 5.69 Å². The topological polar surface area (TPSA) is 89.3 Å². The number of aromatic nitrogens is 3. The van der Waals surface area contributed by atoms with Gasteiger partial charge in [0.25, 0.3) is 0 Å². The van der Waals surface area contributed by atoms with Crippen molar-refractivity contribution in [2.45, 2.75) is 12.1 Å². The normalized spacial score (nSPS) is 10.7. The molecule has 33 heavy (non-hydrogen) atoms. The zero-order valence-corrected chi connectivity index (χ0v) is 20.1. The molecule has 7 nitrogen and oxygen atoms in total. The first kappa shape index (κ1) is 22.9. The van der Waals surface area contributed by atoms with E-state index in [1.54, 1.807) is 30.3 Å². The number of ether oxygens (including phenoxy) is 1. The number of nitrogens with zero attached hydrogens (tertiary/aromatic N) is 3. The number of hydrogen-bond donors (Lipinski definition) is 2. The van der Waals surface area contributed by atoms with Crippen LogP contribution in [0.5, 0.6) is 11.5 Å². The third-order valence-electron chi connectivity index (χ3n) is 4.63. The van der Waals surface area contributed by atoms with Gasteiger partial charge in [-0.25, -0.2) is 0 Å². The summed E-state index contributed by atoms with van der Waals surface area (Å²) in [6, 6.07) is 21.9. The number of para-hydroxylation sites is 1. The van der Waals surface area contributed by atoms with Gasteiger partial charge in [0.2, 0.25) is 5.91 Å². The average Bonchev–Trinajstić information content (AvgIpc) is 3.25. The van der Waals surface area contributed by atoms with E-state index in [9.17, 15) is 9.90 Å². The van der Waals surface area contributed by atoms with Crippen LogP contribution < -0.4 is 10.1 Å². The monoisotopic (exact) mass is 524 g/mol. The van der Waals surface area contributed by atoms with Crippen LogP contribution >= 0.6 is 27.7 Å². The molecule has 0 radical (unpaired) electrons. The molecule has 3 aromatic carbocycles. The number of carbonyl (C=O) groups excluding carboxylic acids is 1. The van der Waals surface area contributed by atoms with Gasteiger partial charge in [0.1, 0.15) is 11.5 Å². The van der Waals surface area contributed by atoms with Crippen molar-refractivity contribution in [3.63, 3.8) is 0 Å². The molecular formula is C24H21BrN4O3S. The number of carbonyl (C=O) groups is 1. The Morgan fingerprint density at radius 2 is 1.85 bits per heavy atom. The van der Waals surface area contributed by atoms with Crippen LogP contribution in [-0.2, 0) is 4.79 Å². The molecule has 0 fully saturated rings. The van der Waals surface area contributed by atoms with Crippen molar-refractivity contribution < 1.29 is 14.6 Å². The summed E-state index contributed by atoms with van der Waals surface area (Å²) in [6.45, 7) is 2.51. The lowest BCUT2D eigenvalue weighted by Crippen LogP contribution is -2.14. The molecule has 2 N–H and O–H groups in total. The number of hydrogen-bond acceptors (Lipinski definition) is 6. The second-order valence-electron chi connectivity index (χ2n) is 6.93. The van der Waals surface area contributed by atoms with Crippen molar-refractivity contribution in [3.05, 3.63) is 77.3 Å². The first-order valence-corrected chi connectivity index (χ1v) is 12.0. The predicted molar refractivity (Wildman–Crippen MR) is 133 cm³/mol. The van der Waals surface area contributed by atoms with Gasteiger partial charge >= 0.3 is 0 Å². The molecule has 0 atom stereocenters. The van der Waals surface area contributed by atoms with E-state index >= 15 is 0 Å². The van der Waals surface area contributed by atoms with Crippen molar-refractivity contribution in [1.82, 2.24) is 14.8 Å². The number of aromatic hydroxyl groups is 1. The fourth-order valence-electron chi connectivity index (χ4n) is 3.16. The molecule has 1 amide bonds. The highest BCUT2D eigenvalue weighted by Crippen LogP contribution is 2.34. The number of nitrogens with one attached hydrogen (secondary N) is 1. The van der Waals surface area contributed by atoms with Gasteiger partial charge in [-0.3, -0.25) is 9.36 Å². The third-order valence-corrected chi connectivity index (χ3v) is 6.05. The lowest BCUT2D eigenvalue weighted by atomic mass is 10.2. The summed E-state index contributed by atoms with van der Waals surface area (Å²) in [6.07, 6.45) is 0. The van der Waals surface area contributed by atoms with Crippen molar-refractivity contribution in [3.8, 4) is 28.6 Å². The van der Waals surface area contributed by atoms with Crippen molar-refractivity contribution in [1.29, 1.82) is 0 Å². The summed E-state index contributed by atoms with van der Waals surface area (Å²) in [5, 5.41) is 22.5. The molecular weight excluding hydrogens is 504 g/mol. The molecule has 0 aliphatic rings. The number of amides is 1. The number of halogens is 1. The van der Waals surface area contributed by atoms with Gasteiger partial charge in [-0.1, -0.05) is 45.9 Å². The molecule has 1 aromatic heterocycles. The van der Waals surface area contributed by atoms with Crippen molar-refractivity contribution >= 4 is 39.3 Å². The molecule has 0 spiro atoms. The number of anilines is 1. The molecule has 168 valence electrons. The van der Waals surface area contributed by atoms with Gasteiger partial charge < -0.3 is 15.2 Å². The Bertz CT molecular complexity index is 1250. The van der Waals surface area contributed by atoms with Crippen LogP contribution in [0.15, 0.2) is 82.4 Å². The fourth-order valence-corrected chi connectivity index (χ4v) is 4.28. The number of rotatable bonds is 8. The number of phenols is 1. The van der Waals surface area contributed by atoms with Crippen LogP contribution in [0, 0.1) is 0 Å². The Hall–Kier alpha value is -3.30. The summed E-state index contributed by atoms with van der Waals surface area (Å²) in [7, 11) is 0. The lowest BCUT2D eigenvalue weighted by Gasteiger charge is -2.11. The maximum absolute atomic E-state index is 12.6. The minimum Gasteiger partial charge on any atom is -0.507 e. The van der Waals surface area contributed by atoms with Gasteiger partial charge in [0.15, 0.2) is 11.0 Å². The summed E-state index contributed by atoms with van der Waals surface area (Å²) < 4.78 is 8.06. The van der Waals surface area contributed by atoms with Crippen molar-refractivity contribution in [2.75, 3.05) is 17.7 Å². The third kappa shape index (κ3) is 5.55. The van der Waals surface area contributed by atoms with Gasteiger partial charge in [0.05, 0.1) is 17.9 Å². The minimum absolute atomic E-state index is 0.0903. The molecule has 0 saturated heterocycles. The molecule has 0 aliphatic heterocycles. The maximum Gasteiger partial charge on any atom is 0.234 e. The molecule has 4 aromatic rings. The van der Waals surface area contributed by atoms with E-state index in [4.69, 9.17) is 4.74 Å². The predicted octanol–water partition coefficient (Wildman–Crippen LogP) is 5.53. The Morgan fingerprint density at radius 3 is 2.58 bits per heavy atom. The van der Waals surface area contributed by atoms with E-state index in [-0.39, 0.29) is 17.4 Å². The van der Waals surface area contributed by atoms with Crippen molar-refractivity contribution in [2.24, 2.45) is 0 Å². The lowest BCUT2D eigenvalue weighted by molar-refractivity contribution is -0.113. The van der Waals surface area contributed by atoms with Crippen LogP contribution in [0.1, 0.15) is 6.92 Å². The zero-order chi connectivity index (χ0) is 23.2. The van der Waals surface area contributed by atoms with E-state index < -0.39 is 0 Å². The number of benzene rings is 3. The molecule has 1 heterocycles. The average molecular weight is 525 g/mol. The highest BCUT2D eigenvalue weighted by Gasteiger charge is 2.19. The van der Waals surface area contributed by atoms with Crippen LogP contribution in [0.25, 0.3) is 17.1 Å². The van der Waals surface area contributed by atoms with Crippen LogP contribution in [-0.4, -0.2) is 38.1 Å². The molecule has 0 bridgehead atoms. The molecule has 9 heteroatoms. The van der Waals surface area contributed by atoms with E-state index in [2.05, 4.69) is 31.4 Å². The molecule has 0 saturated carbocycles. The highest BCUT2D eigenvalue weighted by molar-refractivity contribution is 9.10. The summed E-state index contributed by atoms with van der Waals surface area (Å²) in [4.78, 5) is 12.6. The van der Waals surface area contributed by atoms with Gasteiger partial charge in [-0.15, -0.1) is 10.2 Å². The quantitative estimate of drug-likeness (QED) is 0.294. The smallest absolute Gasteiger partial charge is 0.234 e. The first-order chi connectivity index (χ1) is 16.0. The summed E-state index contributed by atoms with van der Waals surface area (Å²) >= 11 is 4.71. The van der Waals surface area contributed by atoms with E-state index in [1.807, 2.05) is 54.0 Å². The Labute approximate surface area is 203 Å². The Kier molecular flexibility index (Phi) is 7.31. The summed E-state index contributed by atoms with van der Waals surface area (Å²) in [5.41, 5.74) is 2.05. The fraction of sp³-hybridized carbons (Fsp3) is 0.125. The largest absolute Gasteiger partial charge is 0.507 e. The Balaban J connectivity index is 1.56. The number of phenolic OH excluding ortho intramolecular Hbond substituents is 1. The minimum atomic E-state index is -0.168. The second kappa shape index (κ2) is 10.5. The maximum atomic E-state index is 12.6. The van der Waals surface area contributed by atoms with Gasteiger partial charge in [-0.05, 0) is 61.5 Å². The first-order valence-electron chi connectivity index (χ1n) is 10.2. The summed E-state index contributed by atoms with van der Waals surface area (Å²) in [5.74, 6) is 1.30. The second-order valence-corrected chi connectivity index (χ2v) is 8.79. The number of thioether (sulfide) groups is 1. The Morgan fingerprint density at radius 1 is 1.09 bits per heavy atom. The standard InChI is InChI=1S/C24H21BrN4O3S/c1-2-32-19-11-9-17(10-12-19)26-22(31)15-33-24-28-27-23(20-14-16(25)8-13-21(20)30)29(24)18-6-4-3-5-7-18/h3-14,30H,2,15H2,1H3,(H,26,31). The van der Waals surface area contributed by atoms with E-state index in [0.29, 0.717) is 28.8 Å². The van der Waals surface area contributed by atoms with Gasteiger partial charge in [-0.2, -0.15) is 0 Å². The van der Waals surface area contributed by atoms with Gasteiger partial charge in [0, 0.05) is 15.8 Å². The van der Waals surface area contributed by atoms with Crippen LogP contribution in [0.2, 0.25) is 0 Å². The van der Waals surface area contributed by atoms with Crippen LogP contribution in [0.3, 0.4) is 0 Å². The highest BCUT2D eigenvalue weighted by atomic mass is 79.9. The molecule has 0 aliphatic carbocycles.